The molecule has 2 aromatic heterocycles. The molecule has 1 unspecified atom stereocenters. The van der Waals surface area contributed by atoms with Crippen molar-refractivity contribution in [1.82, 2.24) is 25.4 Å². The van der Waals surface area contributed by atoms with Crippen LogP contribution in [0.25, 0.3) is 11.5 Å². The lowest BCUT2D eigenvalue weighted by Crippen LogP contribution is -2.30. The highest BCUT2D eigenvalue weighted by atomic mass is 16.5. The number of hydrogen-bond acceptors (Lipinski definition) is 7. The van der Waals surface area contributed by atoms with Crippen molar-refractivity contribution in [1.29, 1.82) is 0 Å². The molecular formula is C13H17N5O2. The average molecular weight is 275 g/mol. The van der Waals surface area contributed by atoms with Gasteiger partial charge in [-0.15, -0.1) is 0 Å². The van der Waals surface area contributed by atoms with Crippen LogP contribution < -0.4 is 10.1 Å². The number of aromatic nitrogens is 4. The Morgan fingerprint density at radius 3 is 3.20 bits per heavy atom. The van der Waals surface area contributed by atoms with E-state index in [1.54, 1.807) is 13.2 Å². The molecule has 7 heteroatoms. The number of nitrogens with one attached hydrogen (secondary N) is 1. The number of methoxy groups -OCH3 is 1. The molecule has 1 fully saturated rings. The van der Waals surface area contributed by atoms with E-state index in [4.69, 9.17) is 9.26 Å². The first-order valence-corrected chi connectivity index (χ1v) is 6.75. The zero-order valence-electron chi connectivity index (χ0n) is 11.4. The molecule has 0 saturated carbocycles. The average Bonchev–Trinajstić information content (AvgIpc) is 2.97. The van der Waals surface area contributed by atoms with E-state index >= 15 is 0 Å². The van der Waals surface area contributed by atoms with Crippen LogP contribution in [0.3, 0.4) is 0 Å². The van der Waals surface area contributed by atoms with Crippen molar-refractivity contribution < 1.29 is 9.26 Å². The fraction of sp³-hybridized carbons (Fsp3) is 0.538. The van der Waals surface area contributed by atoms with E-state index < -0.39 is 0 Å². The zero-order valence-corrected chi connectivity index (χ0v) is 11.4. The van der Waals surface area contributed by atoms with E-state index in [1.165, 1.54) is 19.2 Å². The van der Waals surface area contributed by atoms with Gasteiger partial charge in [0.15, 0.2) is 0 Å². The first-order chi connectivity index (χ1) is 9.85. The lowest BCUT2D eigenvalue weighted by molar-refractivity contribution is 0.316. The van der Waals surface area contributed by atoms with Crippen molar-refractivity contribution in [3.05, 3.63) is 18.3 Å². The van der Waals surface area contributed by atoms with Crippen molar-refractivity contribution in [2.75, 3.05) is 20.2 Å². The van der Waals surface area contributed by atoms with E-state index in [0.29, 0.717) is 29.2 Å². The molecule has 1 N–H and O–H groups in total. The Morgan fingerprint density at radius 2 is 2.40 bits per heavy atom. The topological polar surface area (TPSA) is 86.0 Å². The molecule has 0 amide bonds. The minimum absolute atomic E-state index is 0.476. The van der Waals surface area contributed by atoms with Gasteiger partial charge in [-0.25, -0.2) is 9.97 Å². The zero-order chi connectivity index (χ0) is 13.8. The van der Waals surface area contributed by atoms with Crippen LogP contribution in [0.15, 0.2) is 16.9 Å². The normalized spacial score (nSPS) is 18.9. The van der Waals surface area contributed by atoms with E-state index in [1.807, 2.05) is 0 Å². The molecule has 3 rings (SSSR count). The Balaban J connectivity index is 1.72. The number of nitrogens with zero attached hydrogens (tertiary/aromatic N) is 4. The Labute approximate surface area is 116 Å². The van der Waals surface area contributed by atoms with Crippen LogP contribution >= 0.6 is 0 Å². The molecule has 7 nitrogen and oxygen atoms in total. The number of rotatable bonds is 4. The predicted octanol–water partition coefficient (Wildman–Crippen LogP) is 1.08. The summed E-state index contributed by atoms with van der Waals surface area (Å²) in [6.07, 6.45) is 4.64. The Hall–Kier alpha value is -2.02. The maximum absolute atomic E-state index is 5.31. The summed E-state index contributed by atoms with van der Waals surface area (Å²) in [5.74, 6) is 2.19. The van der Waals surface area contributed by atoms with Gasteiger partial charge in [0.25, 0.3) is 0 Å². The molecule has 106 valence electrons. The molecule has 1 aliphatic heterocycles. The number of ether oxygens (including phenoxy) is 1. The van der Waals surface area contributed by atoms with Gasteiger partial charge >= 0.3 is 0 Å². The highest BCUT2D eigenvalue weighted by Gasteiger charge is 2.18. The van der Waals surface area contributed by atoms with E-state index in [-0.39, 0.29) is 0 Å². The Bertz CT molecular complexity index is 565. The lowest BCUT2D eigenvalue weighted by atomic mass is 9.96. The second-order valence-electron chi connectivity index (χ2n) is 4.87. The van der Waals surface area contributed by atoms with Crippen LogP contribution in [0.2, 0.25) is 0 Å². The standard InChI is InChI=1S/C13H17N5O2/c1-19-11-6-10(15-8-16-11)13-17-12(20-18-13)5-9-3-2-4-14-7-9/h6,8-9,14H,2-5,7H2,1H3. The van der Waals surface area contributed by atoms with Crippen LogP contribution in [0.1, 0.15) is 18.7 Å². The monoisotopic (exact) mass is 275 g/mol. The Morgan fingerprint density at radius 1 is 1.45 bits per heavy atom. The summed E-state index contributed by atoms with van der Waals surface area (Å²) in [4.78, 5) is 12.5. The summed E-state index contributed by atoms with van der Waals surface area (Å²) >= 11 is 0. The molecule has 0 spiro atoms. The first kappa shape index (κ1) is 13.0. The third-order valence-corrected chi connectivity index (χ3v) is 3.41. The highest BCUT2D eigenvalue weighted by Crippen LogP contribution is 2.19. The highest BCUT2D eigenvalue weighted by molar-refractivity contribution is 5.49. The summed E-state index contributed by atoms with van der Waals surface area (Å²) in [5, 5.41) is 7.36. The maximum atomic E-state index is 5.31. The second-order valence-corrected chi connectivity index (χ2v) is 4.87. The van der Waals surface area contributed by atoms with Crippen molar-refractivity contribution >= 4 is 0 Å². The summed E-state index contributed by atoms with van der Waals surface area (Å²) in [7, 11) is 1.56. The van der Waals surface area contributed by atoms with Gasteiger partial charge in [-0.2, -0.15) is 4.98 Å². The van der Waals surface area contributed by atoms with Gasteiger partial charge in [-0.1, -0.05) is 5.16 Å². The third-order valence-electron chi connectivity index (χ3n) is 3.41. The molecule has 3 heterocycles. The molecule has 1 aliphatic rings. The SMILES string of the molecule is COc1cc(-c2noc(CC3CCCNC3)n2)ncn1. The van der Waals surface area contributed by atoms with Gasteiger partial charge in [0.05, 0.1) is 7.11 Å². The maximum Gasteiger partial charge on any atom is 0.227 e. The summed E-state index contributed by atoms with van der Waals surface area (Å²) in [5.41, 5.74) is 0.605. The van der Waals surface area contributed by atoms with Gasteiger partial charge in [0.1, 0.15) is 12.0 Å². The van der Waals surface area contributed by atoms with Crippen LogP contribution in [-0.2, 0) is 6.42 Å². The minimum atomic E-state index is 0.476. The first-order valence-electron chi connectivity index (χ1n) is 6.75. The summed E-state index contributed by atoms with van der Waals surface area (Å²) in [6.45, 7) is 2.12. The van der Waals surface area contributed by atoms with Crippen molar-refractivity contribution in [3.8, 4) is 17.4 Å². The second kappa shape index (κ2) is 5.96. The van der Waals surface area contributed by atoms with Gasteiger partial charge < -0.3 is 14.6 Å². The summed E-state index contributed by atoms with van der Waals surface area (Å²) < 4.78 is 10.4. The molecule has 20 heavy (non-hydrogen) atoms. The van der Waals surface area contributed by atoms with E-state index in [0.717, 1.165) is 19.5 Å². The summed E-state index contributed by atoms with van der Waals surface area (Å²) in [6, 6.07) is 1.69. The number of piperidine rings is 1. The largest absolute Gasteiger partial charge is 0.481 e. The van der Waals surface area contributed by atoms with Crippen LogP contribution in [-0.4, -0.2) is 40.3 Å². The van der Waals surface area contributed by atoms with E-state index in [9.17, 15) is 0 Å². The van der Waals surface area contributed by atoms with Gasteiger partial charge in [-0.05, 0) is 31.8 Å². The number of hydrogen-bond donors (Lipinski definition) is 1. The molecule has 1 atom stereocenters. The third kappa shape index (κ3) is 2.93. The van der Waals surface area contributed by atoms with E-state index in [2.05, 4.69) is 25.4 Å². The Kier molecular flexibility index (Phi) is 3.87. The quantitative estimate of drug-likeness (QED) is 0.893. The molecule has 0 aliphatic carbocycles. The van der Waals surface area contributed by atoms with Gasteiger partial charge in [0, 0.05) is 12.5 Å². The molecular weight excluding hydrogens is 258 g/mol. The van der Waals surface area contributed by atoms with Crippen molar-refractivity contribution in [3.63, 3.8) is 0 Å². The van der Waals surface area contributed by atoms with Crippen LogP contribution in [0, 0.1) is 5.92 Å². The fourth-order valence-electron chi connectivity index (χ4n) is 2.36. The molecule has 0 bridgehead atoms. The smallest absolute Gasteiger partial charge is 0.227 e. The van der Waals surface area contributed by atoms with Crippen molar-refractivity contribution in [2.24, 2.45) is 5.92 Å². The van der Waals surface area contributed by atoms with Gasteiger partial charge in [-0.3, -0.25) is 0 Å². The van der Waals surface area contributed by atoms with Crippen LogP contribution in [0.4, 0.5) is 0 Å². The molecule has 1 saturated heterocycles. The molecule has 0 aromatic carbocycles. The minimum Gasteiger partial charge on any atom is -0.481 e. The fourth-order valence-corrected chi connectivity index (χ4v) is 2.36. The predicted molar refractivity (Wildman–Crippen MR) is 71.2 cm³/mol. The molecule has 2 aromatic rings. The van der Waals surface area contributed by atoms with Crippen molar-refractivity contribution in [2.45, 2.75) is 19.3 Å². The molecule has 0 radical (unpaired) electrons. The van der Waals surface area contributed by atoms with Gasteiger partial charge in [0.2, 0.25) is 17.6 Å². The van der Waals surface area contributed by atoms with Crippen LogP contribution in [0.5, 0.6) is 5.88 Å². The lowest BCUT2D eigenvalue weighted by Gasteiger charge is -2.20.